The number of aryl methyl sites for hydroxylation is 3. The topological polar surface area (TPSA) is 60.1 Å². The van der Waals surface area contributed by atoms with Gasteiger partial charge in [-0.1, -0.05) is 30.3 Å². The number of nitrogens with zero attached hydrogens (tertiary/aromatic N) is 2. The van der Waals surface area contributed by atoms with Crippen molar-refractivity contribution < 1.29 is 9.21 Å². The molecule has 0 saturated heterocycles. The van der Waals surface area contributed by atoms with Crippen molar-refractivity contribution in [1.82, 2.24) is 15.1 Å². The highest BCUT2D eigenvalue weighted by Gasteiger charge is 2.15. The van der Waals surface area contributed by atoms with E-state index < -0.39 is 0 Å². The minimum absolute atomic E-state index is 0.0762. The minimum Gasteiger partial charge on any atom is -0.454 e. The van der Waals surface area contributed by atoms with Gasteiger partial charge in [-0.25, -0.2) is 0 Å². The highest BCUT2D eigenvalue weighted by Crippen LogP contribution is 2.12. The van der Waals surface area contributed by atoms with E-state index in [0.717, 1.165) is 30.0 Å². The maximum Gasteiger partial charge on any atom is 0.287 e. The Kier molecular flexibility index (Phi) is 5.56. The second kappa shape index (κ2) is 8.04. The van der Waals surface area contributed by atoms with Gasteiger partial charge in [-0.15, -0.1) is 0 Å². The summed E-state index contributed by atoms with van der Waals surface area (Å²) >= 11 is 0. The molecule has 0 aliphatic heterocycles. The Morgan fingerprint density at radius 1 is 1.19 bits per heavy atom. The predicted octanol–water partition coefficient (Wildman–Crippen LogP) is 3.89. The molecule has 0 spiro atoms. The van der Waals surface area contributed by atoms with Crippen LogP contribution in [0.15, 0.2) is 52.9 Å². The molecule has 1 aromatic carbocycles. The SMILES string of the molecule is Cc1cc(C)n(Cc2ccc(C(=O)N[C@H](C)CCc3ccccc3)o2)n1. The van der Waals surface area contributed by atoms with E-state index in [4.69, 9.17) is 4.42 Å². The van der Waals surface area contributed by atoms with E-state index in [1.807, 2.05) is 55.8 Å². The molecule has 136 valence electrons. The second-order valence-electron chi connectivity index (χ2n) is 6.75. The van der Waals surface area contributed by atoms with Gasteiger partial charge in [0.15, 0.2) is 5.76 Å². The normalized spacial score (nSPS) is 12.1. The van der Waals surface area contributed by atoms with Gasteiger partial charge >= 0.3 is 0 Å². The number of hydrogen-bond acceptors (Lipinski definition) is 3. The summed E-state index contributed by atoms with van der Waals surface area (Å²) in [5, 5.41) is 7.42. The van der Waals surface area contributed by atoms with Crippen LogP contribution in [-0.4, -0.2) is 21.7 Å². The lowest BCUT2D eigenvalue weighted by molar-refractivity contribution is 0.0908. The molecule has 2 aromatic heterocycles. The molecule has 0 saturated carbocycles. The zero-order chi connectivity index (χ0) is 18.5. The molecule has 0 aliphatic carbocycles. The van der Waals surface area contributed by atoms with Crippen molar-refractivity contribution in [1.29, 1.82) is 0 Å². The third-order valence-corrected chi connectivity index (χ3v) is 4.38. The lowest BCUT2D eigenvalue weighted by atomic mass is 10.1. The van der Waals surface area contributed by atoms with Crippen LogP contribution in [0.5, 0.6) is 0 Å². The van der Waals surface area contributed by atoms with Crippen LogP contribution in [0.25, 0.3) is 0 Å². The van der Waals surface area contributed by atoms with E-state index in [1.54, 1.807) is 6.07 Å². The summed E-state index contributed by atoms with van der Waals surface area (Å²) in [6.07, 6.45) is 1.82. The van der Waals surface area contributed by atoms with Crippen LogP contribution in [-0.2, 0) is 13.0 Å². The Balaban J connectivity index is 1.53. The van der Waals surface area contributed by atoms with Crippen molar-refractivity contribution in [3.63, 3.8) is 0 Å². The van der Waals surface area contributed by atoms with Crippen LogP contribution in [0, 0.1) is 13.8 Å². The van der Waals surface area contributed by atoms with Gasteiger partial charge < -0.3 is 9.73 Å². The molecule has 5 heteroatoms. The van der Waals surface area contributed by atoms with Gasteiger partial charge in [0, 0.05) is 11.7 Å². The van der Waals surface area contributed by atoms with Crippen molar-refractivity contribution >= 4 is 5.91 Å². The highest BCUT2D eigenvalue weighted by atomic mass is 16.4. The molecule has 3 aromatic rings. The van der Waals surface area contributed by atoms with Gasteiger partial charge in [0.1, 0.15) is 5.76 Å². The molecule has 1 atom stereocenters. The van der Waals surface area contributed by atoms with E-state index >= 15 is 0 Å². The smallest absolute Gasteiger partial charge is 0.287 e. The third-order valence-electron chi connectivity index (χ3n) is 4.38. The van der Waals surface area contributed by atoms with Gasteiger partial charge in [-0.3, -0.25) is 9.48 Å². The first-order valence-electron chi connectivity index (χ1n) is 8.96. The molecule has 5 nitrogen and oxygen atoms in total. The first-order valence-corrected chi connectivity index (χ1v) is 8.96. The predicted molar refractivity (Wildman–Crippen MR) is 101 cm³/mol. The van der Waals surface area contributed by atoms with Crippen LogP contribution in [0.4, 0.5) is 0 Å². The maximum absolute atomic E-state index is 12.4. The molecule has 1 N–H and O–H groups in total. The Morgan fingerprint density at radius 2 is 1.96 bits per heavy atom. The summed E-state index contributed by atoms with van der Waals surface area (Å²) in [7, 11) is 0. The van der Waals surface area contributed by atoms with Crippen LogP contribution < -0.4 is 5.32 Å². The Morgan fingerprint density at radius 3 is 2.65 bits per heavy atom. The number of rotatable bonds is 7. The van der Waals surface area contributed by atoms with Gasteiger partial charge in [-0.05, 0) is 57.4 Å². The van der Waals surface area contributed by atoms with Crippen molar-refractivity contribution in [2.24, 2.45) is 0 Å². The van der Waals surface area contributed by atoms with Gasteiger partial charge in [0.25, 0.3) is 5.91 Å². The third kappa shape index (κ3) is 4.63. The van der Waals surface area contributed by atoms with Crippen LogP contribution in [0.1, 0.15) is 46.6 Å². The van der Waals surface area contributed by atoms with Crippen molar-refractivity contribution in [3.8, 4) is 0 Å². The van der Waals surface area contributed by atoms with E-state index in [0.29, 0.717) is 12.3 Å². The summed E-state index contributed by atoms with van der Waals surface area (Å²) < 4.78 is 7.58. The molecule has 26 heavy (non-hydrogen) atoms. The second-order valence-corrected chi connectivity index (χ2v) is 6.75. The summed E-state index contributed by atoms with van der Waals surface area (Å²) in [5.74, 6) is 0.886. The fraction of sp³-hybridized carbons (Fsp3) is 0.333. The first kappa shape index (κ1) is 18.0. The first-order chi connectivity index (χ1) is 12.5. The molecule has 0 aliphatic rings. The van der Waals surface area contributed by atoms with Gasteiger partial charge in [0.2, 0.25) is 0 Å². The van der Waals surface area contributed by atoms with Gasteiger partial charge in [0.05, 0.1) is 12.2 Å². The minimum atomic E-state index is -0.176. The number of benzene rings is 1. The van der Waals surface area contributed by atoms with E-state index in [9.17, 15) is 4.79 Å². The largest absolute Gasteiger partial charge is 0.454 e. The number of carbonyl (C=O) groups is 1. The highest BCUT2D eigenvalue weighted by molar-refractivity contribution is 5.91. The summed E-state index contributed by atoms with van der Waals surface area (Å²) in [6.45, 7) is 6.50. The van der Waals surface area contributed by atoms with Crippen molar-refractivity contribution in [3.05, 3.63) is 77.0 Å². The molecule has 3 rings (SSSR count). The number of furan rings is 1. The monoisotopic (exact) mass is 351 g/mol. The summed E-state index contributed by atoms with van der Waals surface area (Å²) in [4.78, 5) is 12.4. The number of carbonyl (C=O) groups excluding carboxylic acids is 1. The number of nitrogens with one attached hydrogen (secondary N) is 1. The molecule has 0 radical (unpaired) electrons. The molecule has 1 amide bonds. The summed E-state index contributed by atoms with van der Waals surface area (Å²) in [5.41, 5.74) is 3.32. The van der Waals surface area contributed by atoms with Crippen molar-refractivity contribution in [2.75, 3.05) is 0 Å². The lowest BCUT2D eigenvalue weighted by Crippen LogP contribution is -2.32. The zero-order valence-electron chi connectivity index (χ0n) is 15.5. The quantitative estimate of drug-likeness (QED) is 0.702. The van der Waals surface area contributed by atoms with E-state index in [2.05, 4.69) is 22.5 Å². The molecule has 2 heterocycles. The Bertz CT molecular complexity index is 865. The molecule has 0 bridgehead atoms. The summed E-state index contributed by atoms with van der Waals surface area (Å²) in [6, 6.07) is 15.9. The van der Waals surface area contributed by atoms with Crippen LogP contribution >= 0.6 is 0 Å². The Hall–Kier alpha value is -2.82. The average Bonchev–Trinajstić information content (AvgIpc) is 3.21. The molecular formula is C21H25N3O2. The van der Waals surface area contributed by atoms with E-state index in [1.165, 1.54) is 5.56 Å². The number of amides is 1. The zero-order valence-corrected chi connectivity index (χ0v) is 15.5. The lowest BCUT2D eigenvalue weighted by Gasteiger charge is -2.12. The van der Waals surface area contributed by atoms with Gasteiger partial charge in [-0.2, -0.15) is 5.10 Å². The average molecular weight is 351 g/mol. The fourth-order valence-corrected chi connectivity index (χ4v) is 2.96. The standard InChI is InChI=1S/C21H25N3O2/c1-15(9-10-18-7-5-4-6-8-18)22-21(25)20-12-11-19(26-20)14-24-17(3)13-16(2)23-24/h4-8,11-13,15H,9-10,14H2,1-3H3,(H,22,25)/t15-/m1/s1. The number of aromatic nitrogens is 2. The maximum atomic E-state index is 12.4. The van der Waals surface area contributed by atoms with Crippen LogP contribution in [0.2, 0.25) is 0 Å². The van der Waals surface area contributed by atoms with Crippen LogP contribution in [0.3, 0.4) is 0 Å². The fourth-order valence-electron chi connectivity index (χ4n) is 2.96. The molecule has 0 fully saturated rings. The molecule has 0 unspecified atom stereocenters. The van der Waals surface area contributed by atoms with Crippen molar-refractivity contribution in [2.45, 2.75) is 46.2 Å². The molecular weight excluding hydrogens is 326 g/mol. The Labute approximate surface area is 154 Å². The van der Waals surface area contributed by atoms with E-state index in [-0.39, 0.29) is 11.9 Å². The number of hydrogen-bond donors (Lipinski definition) is 1.